The van der Waals surface area contributed by atoms with Crippen LogP contribution < -0.4 is 0 Å². The third-order valence-corrected chi connectivity index (χ3v) is 20.5. The maximum atomic E-state index is 13.1. The number of aliphatic hydroxyl groups excluding tert-OH is 1. The molecule has 19 heteroatoms. The monoisotopic (exact) mass is 1450 g/mol. The van der Waals surface area contributed by atoms with Crippen molar-refractivity contribution in [3.63, 3.8) is 0 Å². The molecule has 0 saturated heterocycles. The van der Waals surface area contributed by atoms with E-state index in [0.717, 1.165) is 114 Å². The summed E-state index contributed by atoms with van der Waals surface area (Å²) in [5, 5.41) is 10.6. The molecular weight excluding hydrogens is 1290 g/mol. The van der Waals surface area contributed by atoms with Gasteiger partial charge >= 0.3 is 39.5 Å². The predicted octanol–water partition coefficient (Wildman–Crippen LogP) is 23.6. The maximum Gasteiger partial charge on any atom is 0.472 e. The lowest BCUT2D eigenvalue weighted by molar-refractivity contribution is -0.161. The first kappa shape index (κ1) is 97.1. The Morgan fingerprint density at radius 3 is 0.626 bits per heavy atom. The highest BCUT2D eigenvalue weighted by molar-refractivity contribution is 7.47. The van der Waals surface area contributed by atoms with Gasteiger partial charge in [0.1, 0.15) is 19.3 Å². The molecule has 0 heterocycles. The summed E-state index contributed by atoms with van der Waals surface area (Å²) in [6.45, 7) is 14.2. The van der Waals surface area contributed by atoms with Crippen LogP contribution in [-0.2, 0) is 65.4 Å². The molecule has 0 radical (unpaired) electrons. The van der Waals surface area contributed by atoms with Crippen LogP contribution >= 0.6 is 15.6 Å². The van der Waals surface area contributed by atoms with Gasteiger partial charge in [-0.3, -0.25) is 37.3 Å². The van der Waals surface area contributed by atoms with Crippen molar-refractivity contribution in [1.29, 1.82) is 0 Å². The average molecular weight is 1450 g/mol. The number of hydrogen-bond donors (Lipinski definition) is 3. The molecule has 0 spiro atoms. The van der Waals surface area contributed by atoms with Crippen molar-refractivity contribution >= 4 is 39.5 Å². The van der Waals surface area contributed by atoms with Crippen LogP contribution in [0.25, 0.3) is 0 Å². The van der Waals surface area contributed by atoms with Crippen LogP contribution in [0.2, 0.25) is 0 Å². The quantitative estimate of drug-likeness (QED) is 0.0222. The summed E-state index contributed by atoms with van der Waals surface area (Å²) < 4.78 is 68.7. The topological polar surface area (TPSA) is 237 Å². The van der Waals surface area contributed by atoms with Gasteiger partial charge < -0.3 is 33.8 Å². The van der Waals surface area contributed by atoms with Gasteiger partial charge in [0.2, 0.25) is 0 Å². The molecule has 99 heavy (non-hydrogen) atoms. The third kappa shape index (κ3) is 74.1. The fraction of sp³-hybridized carbons (Fsp3) is 0.950. The minimum atomic E-state index is -4.96. The van der Waals surface area contributed by atoms with Gasteiger partial charge in [-0.2, -0.15) is 0 Å². The summed E-state index contributed by atoms with van der Waals surface area (Å²) in [5.74, 6) is 0.956. The van der Waals surface area contributed by atoms with E-state index in [4.69, 9.17) is 37.0 Å². The second kappa shape index (κ2) is 69.1. The van der Waals surface area contributed by atoms with Gasteiger partial charge in [-0.15, -0.1) is 0 Å². The van der Waals surface area contributed by atoms with Crippen molar-refractivity contribution in [3.05, 3.63) is 0 Å². The third-order valence-electron chi connectivity index (χ3n) is 18.6. The van der Waals surface area contributed by atoms with E-state index in [1.54, 1.807) is 0 Å². The number of rotatable bonds is 77. The van der Waals surface area contributed by atoms with Gasteiger partial charge in [0, 0.05) is 25.7 Å². The zero-order valence-corrected chi connectivity index (χ0v) is 66.9. The van der Waals surface area contributed by atoms with Crippen LogP contribution in [0.3, 0.4) is 0 Å². The number of unbranched alkanes of at least 4 members (excludes halogenated alkanes) is 43. The van der Waals surface area contributed by atoms with Crippen molar-refractivity contribution in [2.75, 3.05) is 39.6 Å². The number of ether oxygens (including phenoxy) is 4. The Hall–Kier alpha value is -1.94. The van der Waals surface area contributed by atoms with Crippen LogP contribution in [0.5, 0.6) is 0 Å². The van der Waals surface area contributed by atoms with Gasteiger partial charge in [-0.1, -0.05) is 357 Å². The summed E-state index contributed by atoms with van der Waals surface area (Å²) in [6.07, 6.45) is 55.6. The van der Waals surface area contributed by atoms with Gasteiger partial charge in [0.25, 0.3) is 0 Å². The molecule has 0 bridgehead atoms. The Labute approximate surface area is 607 Å². The molecule has 0 fully saturated rings. The average Bonchev–Trinajstić information content (AvgIpc) is 1.02. The predicted molar refractivity (Wildman–Crippen MR) is 404 cm³/mol. The smallest absolute Gasteiger partial charge is 0.462 e. The molecular formula is C80H156O17P2. The van der Waals surface area contributed by atoms with Gasteiger partial charge in [-0.25, -0.2) is 9.13 Å². The summed E-state index contributed by atoms with van der Waals surface area (Å²) in [6, 6.07) is 0. The number of phosphoric ester groups is 2. The first-order valence-electron chi connectivity index (χ1n) is 41.2. The normalized spacial score (nSPS) is 14.1. The summed E-state index contributed by atoms with van der Waals surface area (Å²) in [4.78, 5) is 73.0. The molecule has 0 aliphatic carbocycles. The SMILES string of the molecule is CC(C)CCCCCCCCCCCCCCCCCCC(=O)O[C@H](COC(=O)CCCCCCCCCCCCCC(C)C)COP(=O)(O)OCC(O)COP(=O)(O)OC[C@@H](COC(=O)CCCCCCCCCC(C)C)OC(=O)CCCCCCCCCCCCCCCC(C)C. The number of carbonyl (C=O) groups is 4. The lowest BCUT2D eigenvalue weighted by Crippen LogP contribution is -2.30. The van der Waals surface area contributed by atoms with Crippen molar-refractivity contribution < 1.29 is 80.2 Å². The van der Waals surface area contributed by atoms with Crippen molar-refractivity contribution in [2.24, 2.45) is 23.7 Å². The zero-order valence-electron chi connectivity index (χ0n) is 65.1. The summed E-state index contributed by atoms with van der Waals surface area (Å²) in [7, 11) is -9.92. The van der Waals surface area contributed by atoms with Crippen LogP contribution in [-0.4, -0.2) is 96.7 Å². The molecule has 17 nitrogen and oxygen atoms in total. The molecule has 0 amide bonds. The number of esters is 4. The molecule has 0 rings (SSSR count). The van der Waals surface area contributed by atoms with Crippen LogP contribution in [0, 0.1) is 23.7 Å². The van der Waals surface area contributed by atoms with Gasteiger partial charge in [0.05, 0.1) is 26.4 Å². The first-order valence-corrected chi connectivity index (χ1v) is 44.2. The number of aliphatic hydroxyl groups is 1. The second-order valence-electron chi connectivity index (χ2n) is 30.7. The Morgan fingerprint density at radius 2 is 0.424 bits per heavy atom. The van der Waals surface area contributed by atoms with Crippen LogP contribution in [0.4, 0.5) is 0 Å². The molecule has 0 aromatic rings. The molecule has 0 aliphatic rings. The number of phosphoric acid groups is 2. The molecule has 5 atom stereocenters. The fourth-order valence-electron chi connectivity index (χ4n) is 12.3. The lowest BCUT2D eigenvalue weighted by atomic mass is 10.0. The van der Waals surface area contributed by atoms with Crippen molar-refractivity contribution in [3.8, 4) is 0 Å². The van der Waals surface area contributed by atoms with E-state index in [1.165, 1.54) is 205 Å². The maximum absolute atomic E-state index is 13.1. The molecule has 0 saturated carbocycles. The second-order valence-corrected chi connectivity index (χ2v) is 33.6. The number of carbonyl (C=O) groups excluding carboxylic acids is 4. The van der Waals surface area contributed by atoms with E-state index < -0.39 is 97.5 Å². The first-order chi connectivity index (χ1) is 47.6. The van der Waals surface area contributed by atoms with E-state index in [1.807, 2.05) is 0 Å². The van der Waals surface area contributed by atoms with Gasteiger partial charge in [-0.05, 0) is 49.4 Å². The fourth-order valence-corrected chi connectivity index (χ4v) is 13.8. The Morgan fingerprint density at radius 1 is 0.253 bits per heavy atom. The van der Waals surface area contributed by atoms with Crippen molar-refractivity contribution in [1.82, 2.24) is 0 Å². The van der Waals surface area contributed by atoms with E-state index in [0.29, 0.717) is 31.6 Å². The van der Waals surface area contributed by atoms with E-state index in [-0.39, 0.29) is 25.7 Å². The minimum absolute atomic E-state index is 0.106. The van der Waals surface area contributed by atoms with E-state index in [2.05, 4.69) is 55.4 Å². The Kier molecular flexibility index (Phi) is 67.8. The highest BCUT2D eigenvalue weighted by Crippen LogP contribution is 2.45. The van der Waals surface area contributed by atoms with Crippen LogP contribution in [0.1, 0.15) is 409 Å². The largest absolute Gasteiger partial charge is 0.472 e. The highest BCUT2D eigenvalue weighted by Gasteiger charge is 2.30. The molecule has 0 aromatic heterocycles. The van der Waals surface area contributed by atoms with E-state index >= 15 is 0 Å². The molecule has 3 unspecified atom stereocenters. The Bertz CT molecular complexity index is 1940. The number of hydrogen-bond acceptors (Lipinski definition) is 15. The summed E-state index contributed by atoms with van der Waals surface area (Å²) >= 11 is 0. The minimum Gasteiger partial charge on any atom is -0.462 e. The zero-order chi connectivity index (χ0) is 73.1. The molecule has 588 valence electrons. The van der Waals surface area contributed by atoms with Crippen LogP contribution in [0.15, 0.2) is 0 Å². The molecule has 0 aromatic carbocycles. The molecule has 3 N–H and O–H groups in total. The van der Waals surface area contributed by atoms with Crippen molar-refractivity contribution in [2.45, 2.75) is 427 Å². The standard InChI is InChI=1S/C80H156O17P2/c1-70(2)56-48-40-32-25-19-14-11-9-10-12-16-22-29-37-46-54-62-79(84)96-75(66-90-77(82)60-52-44-36-28-24-18-21-27-34-42-50-58-72(5)6)68-94-98(86,87)92-64-74(81)65-93-99(88,89)95-69-76(67-91-78(83)61-53-45-39-31-35-43-51-59-73(7)8)97-80(85)63-55-47-38-30-23-17-13-15-20-26-33-41-49-57-71(3)4/h70-76,81H,9-69H2,1-8H3,(H,86,87)(H,88,89)/t74?,75-,76-/m1/s1. The lowest BCUT2D eigenvalue weighted by Gasteiger charge is -2.21. The molecule has 0 aliphatic heterocycles. The van der Waals surface area contributed by atoms with Gasteiger partial charge in [0.15, 0.2) is 12.2 Å². The highest BCUT2D eigenvalue weighted by atomic mass is 31.2. The Balaban J connectivity index is 5.24. The summed E-state index contributed by atoms with van der Waals surface area (Å²) in [5.41, 5.74) is 0. The van der Waals surface area contributed by atoms with E-state index in [9.17, 15) is 43.2 Å².